The molecular formula is C12H11N3S2. The van der Waals surface area contributed by atoms with E-state index in [4.69, 9.17) is 0 Å². The molecule has 0 atom stereocenters. The molecule has 86 valence electrons. The molecule has 2 aromatic heterocycles. The van der Waals surface area contributed by atoms with Gasteiger partial charge in [-0.2, -0.15) is 0 Å². The van der Waals surface area contributed by atoms with E-state index in [-0.39, 0.29) is 0 Å². The van der Waals surface area contributed by atoms with Crippen molar-refractivity contribution in [2.75, 3.05) is 0 Å². The molecule has 0 fully saturated rings. The van der Waals surface area contributed by atoms with Gasteiger partial charge in [0.2, 0.25) is 4.96 Å². The van der Waals surface area contributed by atoms with Gasteiger partial charge in [-0.1, -0.05) is 53.4 Å². The molecule has 0 unspecified atom stereocenters. The minimum absolute atomic E-state index is 0.955. The third kappa shape index (κ3) is 2.21. The molecule has 0 saturated heterocycles. The lowest BCUT2D eigenvalue weighted by atomic mass is 10.2. The predicted octanol–water partition coefficient (Wildman–Crippen LogP) is 3.39. The van der Waals surface area contributed by atoms with E-state index >= 15 is 0 Å². The molecule has 0 radical (unpaired) electrons. The second kappa shape index (κ2) is 4.50. The van der Waals surface area contributed by atoms with Gasteiger partial charge >= 0.3 is 0 Å². The second-order valence-electron chi connectivity index (χ2n) is 3.74. The van der Waals surface area contributed by atoms with Crippen molar-refractivity contribution in [3.63, 3.8) is 0 Å². The summed E-state index contributed by atoms with van der Waals surface area (Å²) in [6.45, 7) is 2.02. The Hall–Kier alpha value is -1.33. The maximum Gasteiger partial charge on any atom is 0.213 e. The van der Waals surface area contributed by atoms with Gasteiger partial charge in [-0.3, -0.25) is 0 Å². The lowest BCUT2D eigenvalue weighted by Crippen LogP contribution is -1.86. The Morgan fingerprint density at radius 1 is 1.29 bits per heavy atom. The van der Waals surface area contributed by atoms with Crippen molar-refractivity contribution in [2.45, 2.75) is 17.0 Å². The molecule has 2 heterocycles. The zero-order valence-electron chi connectivity index (χ0n) is 9.33. The van der Waals surface area contributed by atoms with E-state index in [1.807, 2.05) is 23.7 Å². The van der Waals surface area contributed by atoms with E-state index in [0.29, 0.717) is 0 Å². The van der Waals surface area contributed by atoms with Gasteiger partial charge in [0, 0.05) is 5.75 Å². The Morgan fingerprint density at radius 2 is 2.12 bits per heavy atom. The van der Waals surface area contributed by atoms with Crippen LogP contribution in [0, 0.1) is 6.92 Å². The van der Waals surface area contributed by atoms with Crippen LogP contribution in [0.1, 0.15) is 11.3 Å². The molecule has 17 heavy (non-hydrogen) atoms. The van der Waals surface area contributed by atoms with Crippen molar-refractivity contribution >= 4 is 28.1 Å². The van der Waals surface area contributed by atoms with Crippen LogP contribution in [-0.2, 0) is 5.75 Å². The van der Waals surface area contributed by atoms with E-state index in [9.17, 15) is 0 Å². The Bertz CT molecular complexity index is 628. The highest BCUT2D eigenvalue weighted by molar-refractivity contribution is 8.00. The van der Waals surface area contributed by atoms with Crippen LogP contribution in [0.25, 0.3) is 4.96 Å². The summed E-state index contributed by atoms with van der Waals surface area (Å²) in [7, 11) is 0. The van der Waals surface area contributed by atoms with Gasteiger partial charge in [-0.05, 0) is 12.5 Å². The first-order valence-corrected chi connectivity index (χ1v) is 7.11. The van der Waals surface area contributed by atoms with E-state index in [0.717, 1.165) is 20.7 Å². The minimum atomic E-state index is 0.955. The van der Waals surface area contributed by atoms with Gasteiger partial charge in [0.1, 0.15) is 0 Å². The van der Waals surface area contributed by atoms with Crippen molar-refractivity contribution < 1.29 is 0 Å². The molecule has 1 aromatic carbocycles. The number of aryl methyl sites for hydroxylation is 1. The van der Waals surface area contributed by atoms with Crippen LogP contribution in [0.2, 0.25) is 0 Å². The lowest BCUT2D eigenvalue weighted by molar-refractivity contribution is 0.881. The van der Waals surface area contributed by atoms with Crippen molar-refractivity contribution in [2.24, 2.45) is 0 Å². The fourth-order valence-electron chi connectivity index (χ4n) is 1.56. The first kappa shape index (κ1) is 10.8. The van der Waals surface area contributed by atoms with Crippen LogP contribution in [0.4, 0.5) is 0 Å². The number of thioether (sulfide) groups is 1. The van der Waals surface area contributed by atoms with E-state index in [2.05, 4.69) is 34.3 Å². The van der Waals surface area contributed by atoms with Gasteiger partial charge in [0.05, 0.1) is 11.9 Å². The smallest absolute Gasteiger partial charge is 0.213 e. The Balaban J connectivity index is 1.77. The van der Waals surface area contributed by atoms with Gasteiger partial charge < -0.3 is 0 Å². The Labute approximate surface area is 108 Å². The second-order valence-corrected chi connectivity index (χ2v) is 5.91. The quantitative estimate of drug-likeness (QED) is 0.677. The average Bonchev–Trinajstić information content (AvgIpc) is 2.91. The molecule has 0 aliphatic carbocycles. The highest BCUT2D eigenvalue weighted by Gasteiger charge is 2.07. The number of hydrogen-bond donors (Lipinski definition) is 0. The third-order valence-electron chi connectivity index (χ3n) is 2.44. The number of aromatic nitrogens is 3. The summed E-state index contributed by atoms with van der Waals surface area (Å²) in [6.07, 6.45) is 1.85. The number of benzene rings is 1. The standard InChI is InChI=1S/C12H11N3S2/c1-9-7-13-11-15(9)14-12(17-11)16-8-10-5-3-2-4-6-10/h2-7H,8H2,1H3. The molecule has 0 aliphatic heterocycles. The summed E-state index contributed by atoms with van der Waals surface area (Å²) in [5.74, 6) is 0.955. The van der Waals surface area contributed by atoms with E-state index < -0.39 is 0 Å². The van der Waals surface area contributed by atoms with Crippen LogP contribution < -0.4 is 0 Å². The monoisotopic (exact) mass is 261 g/mol. The van der Waals surface area contributed by atoms with Crippen molar-refractivity contribution in [1.82, 2.24) is 14.6 Å². The number of fused-ring (bicyclic) bond motifs is 1. The highest BCUT2D eigenvalue weighted by atomic mass is 32.2. The molecule has 0 spiro atoms. The molecule has 3 nitrogen and oxygen atoms in total. The third-order valence-corrected chi connectivity index (χ3v) is 4.57. The first-order chi connectivity index (χ1) is 8.33. The van der Waals surface area contributed by atoms with Crippen LogP contribution in [0.15, 0.2) is 40.9 Å². The van der Waals surface area contributed by atoms with Crippen LogP contribution >= 0.6 is 23.1 Å². The maximum atomic E-state index is 4.52. The summed E-state index contributed by atoms with van der Waals surface area (Å²) in [6, 6.07) is 10.4. The molecule has 3 aromatic rings. The number of imidazole rings is 1. The molecular weight excluding hydrogens is 250 g/mol. The molecule has 0 saturated carbocycles. The number of hydrogen-bond acceptors (Lipinski definition) is 4. The minimum Gasteiger partial charge on any atom is -0.226 e. The largest absolute Gasteiger partial charge is 0.226 e. The van der Waals surface area contributed by atoms with Crippen LogP contribution in [-0.4, -0.2) is 14.6 Å². The molecule has 0 bridgehead atoms. The molecule has 0 N–H and O–H groups in total. The van der Waals surface area contributed by atoms with Gasteiger partial charge in [-0.25, -0.2) is 9.50 Å². The zero-order valence-corrected chi connectivity index (χ0v) is 11.0. The predicted molar refractivity (Wildman–Crippen MR) is 71.6 cm³/mol. The summed E-state index contributed by atoms with van der Waals surface area (Å²) in [4.78, 5) is 5.27. The maximum absolute atomic E-state index is 4.52. The van der Waals surface area contributed by atoms with E-state index in [1.54, 1.807) is 23.1 Å². The van der Waals surface area contributed by atoms with Gasteiger partial charge in [-0.15, -0.1) is 5.10 Å². The summed E-state index contributed by atoms with van der Waals surface area (Å²) in [5.41, 5.74) is 2.41. The van der Waals surface area contributed by atoms with Crippen molar-refractivity contribution in [1.29, 1.82) is 0 Å². The molecule has 0 amide bonds. The fraction of sp³-hybridized carbons (Fsp3) is 0.167. The van der Waals surface area contributed by atoms with Crippen molar-refractivity contribution in [3.8, 4) is 0 Å². The van der Waals surface area contributed by atoms with E-state index in [1.165, 1.54) is 5.56 Å². The highest BCUT2D eigenvalue weighted by Crippen LogP contribution is 2.27. The van der Waals surface area contributed by atoms with Crippen molar-refractivity contribution in [3.05, 3.63) is 47.8 Å². The summed E-state index contributed by atoms with van der Waals surface area (Å²) >= 11 is 3.40. The van der Waals surface area contributed by atoms with Crippen LogP contribution in [0.3, 0.4) is 0 Å². The topological polar surface area (TPSA) is 30.2 Å². The van der Waals surface area contributed by atoms with Crippen LogP contribution in [0.5, 0.6) is 0 Å². The fourth-order valence-corrected chi connectivity index (χ4v) is 3.47. The molecule has 5 heteroatoms. The molecule has 3 rings (SSSR count). The average molecular weight is 261 g/mol. The van der Waals surface area contributed by atoms with Gasteiger partial charge in [0.25, 0.3) is 0 Å². The first-order valence-electron chi connectivity index (χ1n) is 5.31. The SMILES string of the molecule is Cc1cnc2sc(SCc3ccccc3)nn12. The molecule has 0 aliphatic rings. The van der Waals surface area contributed by atoms with Gasteiger partial charge in [0.15, 0.2) is 4.34 Å². The number of rotatable bonds is 3. The summed E-state index contributed by atoms with van der Waals surface area (Å²) < 4.78 is 2.97. The lowest BCUT2D eigenvalue weighted by Gasteiger charge is -1.96. The zero-order chi connectivity index (χ0) is 11.7. The Kier molecular flexibility index (Phi) is 2.86. The Morgan fingerprint density at radius 3 is 2.88 bits per heavy atom. The number of nitrogens with zero attached hydrogens (tertiary/aromatic N) is 3. The summed E-state index contributed by atoms with van der Waals surface area (Å²) in [5, 5.41) is 4.52. The normalized spacial score (nSPS) is 11.1.